The van der Waals surface area contributed by atoms with E-state index in [1.165, 1.54) is 5.56 Å². The van der Waals surface area contributed by atoms with Gasteiger partial charge in [0, 0.05) is 0 Å². The van der Waals surface area contributed by atoms with E-state index in [1.54, 1.807) is 19.1 Å². The lowest BCUT2D eigenvalue weighted by atomic mass is 10.00. The predicted molar refractivity (Wildman–Crippen MR) is 94.0 cm³/mol. The summed E-state index contributed by atoms with van der Waals surface area (Å²) in [6.45, 7) is 7.78. The summed E-state index contributed by atoms with van der Waals surface area (Å²) in [5.41, 5.74) is 3.44. The van der Waals surface area contributed by atoms with Gasteiger partial charge in [-0.1, -0.05) is 47.5 Å². The van der Waals surface area contributed by atoms with Crippen LogP contribution >= 0.6 is 11.6 Å². The third-order valence-electron chi connectivity index (χ3n) is 3.77. The molecule has 0 saturated heterocycles. The third kappa shape index (κ3) is 4.49. The molecule has 122 valence electrons. The molecule has 0 bridgehead atoms. The Balaban J connectivity index is 2.03. The Hall–Kier alpha value is -2.00. The van der Waals surface area contributed by atoms with Crippen LogP contribution in [0.1, 0.15) is 36.6 Å². The molecule has 2 atom stereocenters. The second kappa shape index (κ2) is 7.51. The molecule has 0 saturated carbocycles. The molecule has 0 aromatic heterocycles. The minimum absolute atomic E-state index is 0.0836. The molecule has 4 heteroatoms. The number of carbonyl (C=O) groups is 1. The highest BCUT2D eigenvalue weighted by atomic mass is 35.5. The number of rotatable bonds is 5. The second-order valence-corrected chi connectivity index (χ2v) is 6.19. The maximum absolute atomic E-state index is 12.4. The van der Waals surface area contributed by atoms with Crippen LogP contribution in [0.15, 0.2) is 42.5 Å². The number of benzene rings is 2. The summed E-state index contributed by atoms with van der Waals surface area (Å²) in [7, 11) is 0. The van der Waals surface area contributed by atoms with Crippen molar-refractivity contribution in [2.75, 3.05) is 0 Å². The maximum atomic E-state index is 12.4. The van der Waals surface area contributed by atoms with Crippen LogP contribution in [-0.4, -0.2) is 12.0 Å². The number of halogens is 1. The fourth-order valence-corrected chi connectivity index (χ4v) is 2.60. The summed E-state index contributed by atoms with van der Waals surface area (Å²) in [4.78, 5) is 12.4. The van der Waals surface area contributed by atoms with Crippen molar-refractivity contribution in [3.8, 4) is 5.75 Å². The quantitative estimate of drug-likeness (QED) is 0.869. The van der Waals surface area contributed by atoms with E-state index in [0.717, 1.165) is 11.1 Å². The van der Waals surface area contributed by atoms with Gasteiger partial charge in [-0.2, -0.15) is 0 Å². The fraction of sp³-hybridized carbons (Fsp3) is 0.316. The first kappa shape index (κ1) is 17.4. The van der Waals surface area contributed by atoms with Crippen LogP contribution in [0.5, 0.6) is 5.75 Å². The molecular weight excluding hydrogens is 310 g/mol. The standard InChI is InChI=1S/C19H22ClNO2/c1-12-9-10-13(2)16(11-12)14(3)21-19(22)15(4)23-18-8-6-5-7-17(18)20/h5-11,14-15H,1-4H3,(H,21,22)/t14-,15-/m1/s1. The first-order valence-electron chi connectivity index (χ1n) is 7.67. The van der Waals surface area contributed by atoms with E-state index in [0.29, 0.717) is 10.8 Å². The third-order valence-corrected chi connectivity index (χ3v) is 4.08. The van der Waals surface area contributed by atoms with E-state index >= 15 is 0 Å². The topological polar surface area (TPSA) is 38.3 Å². The van der Waals surface area contributed by atoms with Gasteiger partial charge in [0.1, 0.15) is 5.75 Å². The van der Waals surface area contributed by atoms with Crippen LogP contribution in [0.2, 0.25) is 5.02 Å². The van der Waals surface area contributed by atoms with Gasteiger partial charge in [0.2, 0.25) is 0 Å². The normalized spacial score (nSPS) is 13.3. The zero-order chi connectivity index (χ0) is 17.0. The van der Waals surface area contributed by atoms with Crippen LogP contribution in [0.3, 0.4) is 0 Å². The monoisotopic (exact) mass is 331 g/mol. The molecule has 0 spiro atoms. The molecule has 2 rings (SSSR count). The number of ether oxygens (including phenoxy) is 1. The molecule has 0 fully saturated rings. The number of amides is 1. The first-order valence-corrected chi connectivity index (χ1v) is 8.05. The molecule has 0 aliphatic rings. The van der Waals surface area contributed by atoms with Gasteiger partial charge in [-0.05, 0) is 51.0 Å². The Kier molecular flexibility index (Phi) is 5.67. The van der Waals surface area contributed by atoms with Crippen molar-refractivity contribution < 1.29 is 9.53 Å². The van der Waals surface area contributed by atoms with E-state index in [9.17, 15) is 4.79 Å². The average Bonchev–Trinajstić information content (AvgIpc) is 2.51. The van der Waals surface area contributed by atoms with Gasteiger partial charge in [-0.15, -0.1) is 0 Å². The van der Waals surface area contributed by atoms with Crippen molar-refractivity contribution >= 4 is 17.5 Å². The number of aryl methyl sites for hydroxylation is 2. The highest BCUT2D eigenvalue weighted by Gasteiger charge is 2.19. The molecule has 2 aromatic carbocycles. The van der Waals surface area contributed by atoms with E-state index in [4.69, 9.17) is 16.3 Å². The van der Waals surface area contributed by atoms with Crippen LogP contribution in [0.4, 0.5) is 0 Å². The van der Waals surface area contributed by atoms with Crippen LogP contribution in [0.25, 0.3) is 0 Å². The zero-order valence-corrected chi connectivity index (χ0v) is 14.6. The van der Waals surface area contributed by atoms with Gasteiger partial charge in [-0.25, -0.2) is 0 Å². The molecule has 0 aliphatic heterocycles. The van der Waals surface area contributed by atoms with Crippen LogP contribution < -0.4 is 10.1 Å². The Labute approximate surface area is 142 Å². The number of para-hydroxylation sites is 1. The van der Waals surface area contributed by atoms with Gasteiger partial charge in [-0.3, -0.25) is 4.79 Å². The Morgan fingerprint density at radius 2 is 1.83 bits per heavy atom. The van der Waals surface area contributed by atoms with E-state index in [1.807, 2.05) is 32.9 Å². The average molecular weight is 332 g/mol. The molecule has 1 amide bonds. The predicted octanol–water partition coefficient (Wildman–Crippen LogP) is 4.60. The SMILES string of the molecule is Cc1ccc(C)c([C@@H](C)NC(=O)[C@@H](C)Oc2ccccc2Cl)c1. The highest BCUT2D eigenvalue weighted by Crippen LogP contribution is 2.24. The van der Waals surface area contributed by atoms with Crippen molar-refractivity contribution in [3.63, 3.8) is 0 Å². The lowest BCUT2D eigenvalue weighted by Crippen LogP contribution is -2.38. The number of hydrogen-bond acceptors (Lipinski definition) is 2. The minimum atomic E-state index is -0.623. The van der Waals surface area contributed by atoms with Crippen LogP contribution in [0, 0.1) is 13.8 Å². The molecule has 3 nitrogen and oxygen atoms in total. The second-order valence-electron chi connectivity index (χ2n) is 5.78. The van der Waals surface area contributed by atoms with Crippen molar-refractivity contribution in [1.29, 1.82) is 0 Å². The molecular formula is C19H22ClNO2. The molecule has 2 aromatic rings. The molecule has 23 heavy (non-hydrogen) atoms. The Morgan fingerprint density at radius 3 is 2.52 bits per heavy atom. The van der Waals surface area contributed by atoms with Crippen LogP contribution in [-0.2, 0) is 4.79 Å². The highest BCUT2D eigenvalue weighted by molar-refractivity contribution is 6.32. The van der Waals surface area contributed by atoms with E-state index < -0.39 is 6.10 Å². The minimum Gasteiger partial charge on any atom is -0.479 e. The lowest BCUT2D eigenvalue weighted by Gasteiger charge is -2.21. The first-order chi connectivity index (χ1) is 10.9. The molecule has 0 unspecified atom stereocenters. The summed E-state index contributed by atoms with van der Waals surface area (Å²) in [5.74, 6) is 0.342. The number of nitrogens with one attached hydrogen (secondary N) is 1. The van der Waals surface area contributed by atoms with Gasteiger partial charge < -0.3 is 10.1 Å². The van der Waals surface area contributed by atoms with Crippen molar-refractivity contribution in [3.05, 3.63) is 64.2 Å². The maximum Gasteiger partial charge on any atom is 0.261 e. The van der Waals surface area contributed by atoms with E-state index in [-0.39, 0.29) is 11.9 Å². The van der Waals surface area contributed by atoms with Crippen molar-refractivity contribution in [2.45, 2.75) is 39.8 Å². The van der Waals surface area contributed by atoms with Gasteiger partial charge in [0.15, 0.2) is 6.10 Å². The summed E-state index contributed by atoms with van der Waals surface area (Å²) in [5, 5.41) is 3.49. The van der Waals surface area contributed by atoms with Gasteiger partial charge >= 0.3 is 0 Å². The summed E-state index contributed by atoms with van der Waals surface area (Å²) >= 11 is 6.06. The largest absolute Gasteiger partial charge is 0.479 e. The summed E-state index contributed by atoms with van der Waals surface area (Å²) in [6, 6.07) is 13.3. The van der Waals surface area contributed by atoms with Gasteiger partial charge in [0.25, 0.3) is 5.91 Å². The zero-order valence-electron chi connectivity index (χ0n) is 13.9. The lowest BCUT2D eigenvalue weighted by molar-refractivity contribution is -0.127. The van der Waals surface area contributed by atoms with Crippen molar-refractivity contribution in [2.24, 2.45) is 0 Å². The summed E-state index contributed by atoms with van der Waals surface area (Å²) in [6.07, 6.45) is -0.623. The fourth-order valence-electron chi connectivity index (χ4n) is 2.42. The Bertz CT molecular complexity index is 700. The number of carbonyl (C=O) groups excluding carboxylic acids is 1. The molecule has 0 radical (unpaired) electrons. The van der Waals surface area contributed by atoms with Gasteiger partial charge in [0.05, 0.1) is 11.1 Å². The van der Waals surface area contributed by atoms with Crippen molar-refractivity contribution in [1.82, 2.24) is 5.32 Å². The number of hydrogen-bond donors (Lipinski definition) is 1. The Morgan fingerprint density at radius 1 is 1.13 bits per heavy atom. The molecule has 0 heterocycles. The summed E-state index contributed by atoms with van der Waals surface area (Å²) < 4.78 is 5.65. The smallest absolute Gasteiger partial charge is 0.261 e. The molecule has 1 N–H and O–H groups in total. The molecule has 0 aliphatic carbocycles. The van der Waals surface area contributed by atoms with E-state index in [2.05, 4.69) is 23.5 Å².